The van der Waals surface area contributed by atoms with E-state index in [0.29, 0.717) is 6.54 Å². The van der Waals surface area contributed by atoms with Crippen LogP contribution in [-0.4, -0.2) is 25.9 Å². The van der Waals surface area contributed by atoms with Gasteiger partial charge in [0.1, 0.15) is 0 Å². The Morgan fingerprint density at radius 3 is 3.00 bits per heavy atom. The number of amides is 1. The zero-order valence-corrected chi connectivity index (χ0v) is 11.7. The SMILES string of the molecule is CC(Sc1ccccn1)C(=O)NCc1cnn(C)c1. The fourth-order valence-corrected chi connectivity index (χ4v) is 2.38. The third-order valence-electron chi connectivity index (χ3n) is 2.53. The molecule has 1 amide bonds. The molecule has 0 spiro atoms. The van der Waals surface area contributed by atoms with Crippen molar-refractivity contribution in [2.24, 2.45) is 7.05 Å². The molecule has 2 aromatic heterocycles. The monoisotopic (exact) mass is 276 g/mol. The van der Waals surface area contributed by atoms with E-state index in [1.807, 2.05) is 38.4 Å². The number of carbonyl (C=O) groups excluding carboxylic acids is 1. The highest BCUT2D eigenvalue weighted by Gasteiger charge is 2.14. The van der Waals surface area contributed by atoms with Gasteiger partial charge in [-0.25, -0.2) is 4.98 Å². The predicted molar refractivity (Wildman–Crippen MR) is 74.6 cm³/mol. The van der Waals surface area contributed by atoms with E-state index in [9.17, 15) is 4.79 Å². The Bertz CT molecular complexity index is 541. The Balaban J connectivity index is 1.82. The molecule has 100 valence electrons. The lowest BCUT2D eigenvalue weighted by Gasteiger charge is -2.10. The van der Waals surface area contributed by atoms with Crippen molar-refractivity contribution in [3.63, 3.8) is 0 Å². The first kappa shape index (κ1) is 13.6. The number of nitrogens with zero attached hydrogens (tertiary/aromatic N) is 3. The maximum Gasteiger partial charge on any atom is 0.233 e. The minimum absolute atomic E-state index is 0.000457. The van der Waals surface area contributed by atoms with Crippen LogP contribution >= 0.6 is 11.8 Å². The Kier molecular flexibility index (Phi) is 4.57. The second-order valence-electron chi connectivity index (χ2n) is 4.17. The van der Waals surface area contributed by atoms with Crippen LogP contribution in [0.2, 0.25) is 0 Å². The van der Waals surface area contributed by atoms with E-state index in [1.165, 1.54) is 11.8 Å². The lowest BCUT2D eigenvalue weighted by atomic mass is 10.3. The standard InChI is InChI=1S/C13H16N4OS/c1-10(19-12-5-3-4-6-14-12)13(18)15-7-11-8-16-17(2)9-11/h3-6,8-10H,7H2,1-2H3,(H,15,18). The Morgan fingerprint density at radius 2 is 2.37 bits per heavy atom. The first-order valence-corrected chi connectivity index (χ1v) is 6.86. The summed E-state index contributed by atoms with van der Waals surface area (Å²) in [7, 11) is 1.85. The van der Waals surface area contributed by atoms with Gasteiger partial charge in [0.25, 0.3) is 0 Å². The molecule has 0 aliphatic heterocycles. The third-order valence-corrected chi connectivity index (χ3v) is 3.58. The van der Waals surface area contributed by atoms with Gasteiger partial charge in [0.2, 0.25) is 5.91 Å². The quantitative estimate of drug-likeness (QED) is 0.843. The van der Waals surface area contributed by atoms with Crippen molar-refractivity contribution < 1.29 is 4.79 Å². The number of rotatable bonds is 5. The molecule has 0 radical (unpaired) electrons. The molecule has 19 heavy (non-hydrogen) atoms. The number of hydrogen-bond acceptors (Lipinski definition) is 4. The topological polar surface area (TPSA) is 59.8 Å². The summed E-state index contributed by atoms with van der Waals surface area (Å²) in [6, 6.07) is 5.67. The fourth-order valence-electron chi connectivity index (χ4n) is 1.55. The van der Waals surface area contributed by atoms with Gasteiger partial charge in [-0.2, -0.15) is 5.10 Å². The highest BCUT2D eigenvalue weighted by Crippen LogP contribution is 2.20. The van der Waals surface area contributed by atoms with Crippen LogP contribution < -0.4 is 5.32 Å². The van der Waals surface area contributed by atoms with E-state index < -0.39 is 0 Å². The van der Waals surface area contributed by atoms with E-state index in [1.54, 1.807) is 17.1 Å². The van der Waals surface area contributed by atoms with Gasteiger partial charge in [-0.1, -0.05) is 17.8 Å². The summed E-state index contributed by atoms with van der Waals surface area (Å²) in [5, 5.41) is 7.63. The van der Waals surface area contributed by atoms with Crippen LogP contribution in [0.5, 0.6) is 0 Å². The molecule has 0 saturated carbocycles. The molecule has 1 atom stereocenters. The molecule has 6 heteroatoms. The number of hydrogen-bond donors (Lipinski definition) is 1. The van der Waals surface area contributed by atoms with Crippen LogP contribution in [0.4, 0.5) is 0 Å². The van der Waals surface area contributed by atoms with Crippen LogP contribution in [0, 0.1) is 0 Å². The number of pyridine rings is 1. The minimum Gasteiger partial charge on any atom is -0.351 e. The highest BCUT2D eigenvalue weighted by molar-refractivity contribution is 8.00. The van der Waals surface area contributed by atoms with Crippen molar-refractivity contribution in [2.75, 3.05) is 0 Å². The average molecular weight is 276 g/mol. The van der Waals surface area contributed by atoms with Gasteiger partial charge >= 0.3 is 0 Å². The molecule has 2 rings (SSSR count). The first-order valence-electron chi connectivity index (χ1n) is 5.98. The second kappa shape index (κ2) is 6.38. The van der Waals surface area contributed by atoms with E-state index in [-0.39, 0.29) is 11.2 Å². The summed E-state index contributed by atoms with van der Waals surface area (Å²) in [6.45, 7) is 2.37. The van der Waals surface area contributed by atoms with Crippen molar-refractivity contribution in [3.05, 3.63) is 42.4 Å². The van der Waals surface area contributed by atoms with Gasteiger partial charge in [0.15, 0.2) is 0 Å². The molecule has 1 N–H and O–H groups in total. The predicted octanol–water partition coefficient (Wildman–Crippen LogP) is 1.61. The maximum atomic E-state index is 11.9. The first-order chi connectivity index (χ1) is 9.15. The van der Waals surface area contributed by atoms with Crippen LogP contribution in [0.1, 0.15) is 12.5 Å². The summed E-state index contributed by atoms with van der Waals surface area (Å²) in [5.74, 6) is -0.000457. The van der Waals surface area contributed by atoms with Crippen molar-refractivity contribution in [3.8, 4) is 0 Å². The zero-order chi connectivity index (χ0) is 13.7. The van der Waals surface area contributed by atoms with Gasteiger partial charge in [0.05, 0.1) is 16.5 Å². The van der Waals surface area contributed by atoms with Crippen LogP contribution in [0.3, 0.4) is 0 Å². The molecule has 2 heterocycles. The lowest BCUT2D eigenvalue weighted by molar-refractivity contribution is -0.120. The van der Waals surface area contributed by atoms with E-state index in [2.05, 4.69) is 15.4 Å². The maximum absolute atomic E-state index is 11.9. The molecular formula is C13H16N4OS. The number of aryl methyl sites for hydroxylation is 1. The summed E-state index contributed by atoms with van der Waals surface area (Å²) in [6.07, 6.45) is 5.36. The van der Waals surface area contributed by atoms with E-state index in [4.69, 9.17) is 0 Å². The molecular weight excluding hydrogens is 260 g/mol. The molecule has 0 fully saturated rings. The Morgan fingerprint density at radius 1 is 1.53 bits per heavy atom. The normalized spacial score (nSPS) is 12.1. The summed E-state index contributed by atoms with van der Waals surface area (Å²) in [5.41, 5.74) is 0.992. The van der Waals surface area contributed by atoms with Crippen molar-refractivity contribution in [1.82, 2.24) is 20.1 Å². The Hall–Kier alpha value is -1.82. The smallest absolute Gasteiger partial charge is 0.233 e. The summed E-state index contributed by atoms with van der Waals surface area (Å²) >= 11 is 1.45. The van der Waals surface area contributed by atoms with Gasteiger partial charge in [-0.05, 0) is 19.1 Å². The lowest BCUT2D eigenvalue weighted by Crippen LogP contribution is -2.30. The van der Waals surface area contributed by atoms with Gasteiger partial charge < -0.3 is 5.32 Å². The molecule has 0 aliphatic rings. The molecule has 0 aliphatic carbocycles. The van der Waals surface area contributed by atoms with Gasteiger partial charge in [-0.15, -0.1) is 0 Å². The molecule has 0 bridgehead atoms. The highest BCUT2D eigenvalue weighted by atomic mass is 32.2. The Labute approximate surface area is 116 Å². The number of thioether (sulfide) groups is 1. The van der Waals surface area contributed by atoms with Crippen molar-refractivity contribution >= 4 is 17.7 Å². The number of nitrogens with one attached hydrogen (secondary N) is 1. The number of carbonyl (C=O) groups is 1. The minimum atomic E-state index is -0.174. The largest absolute Gasteiger partial charge is 0.351 e. The molecule has 0 saturated heterocycles. The zero-order valence-electron chi connectivity index (χ0n) is 10.9. The van der Waals surface area contributed by atoms with E-state index >= 15 is 0 Å². The van der Waals surface area contributed by atoms with Crippen molar-refractivity contribution in [2.45, 2.75) is 23.7 Å². The average Bonchev–Trinajstić information content (AvgIpc) is 2.83. The van der Waals surface area contributed by atoms with Gasteiger partial charge in [-0.3, -0.25) is 9.48 Å². The van der Waals surface area contributed by atoms with E-state index in [0.717, 1.165) is 10.6 Å². The van der Waals surface area contributed by atoms with Crippen LogP contribution in [0.25, 0.3) is 0 Å². The second-order valence-corrected chi connectivity index (χ2v) is 5.53. The molecule has 5 nitrogen and oxygen atoms in total. The van der Waals surface area contributed by atoms with Crippen molar-refractivity contribution in [1.29, 1.82) is 0 Å². The van der Waals surface area contributed by atoms with Gasteiger partial charge in [0, 0.05) is 31.5 Å². The molecule has 2 aromatic rings. The fraction of sp³-hybridized carbons (Fsp3) is 0.308. The summed E-state index contributed by atoms with van der Waals surface area (Å²) in [4.78, 5) is 16.1. The molecule has 0 aromatic carbocycles. The molecule has 1 unspecified atom stereocenters. The summed E-state index contributed by atoms with van der Waals surface area (Å²) < 4.78 is 1.72. The third kappa shape index (κ3) is 4.10. The number of aromatic nitrogens is 3. The van der Waals surface area contributed by atoms with Crippen LogP contribution in [0.15, 0.2) is 41.8 Å². The van der Waals surface area contributed by atoms with Crippen LogP contribution in [-0.2, 0) is 18.4 Å².